The number of nitrogens with one attached hydrogen (secondary N) is 1. The van der Waals surface area contributed by atoms with Crippen molar-refractivity contribution in [3.05, 3.63) is 40.8 Å². The minimum absolute atomic E-state index is 0.301. The van der Waals surface area contributed by atoms with Gasteiger partial charge in [0, 0.05) is 11.5 Å². The van der Waals surface area contributed by atoms with Crippen LogP contribution in [0.2, 0.25) is 0 Å². The second-order valence-electron chi connectivity index (χ2n) is 5.46. The molecule has 0 aromatic heterocycles. The fourth-order valence-corrected chi connectivity index (χ4v) is 4.42. The number of aliphatic hydroxyl groups excluding tert-OH is 1. The van der Waals surface area contributed by atoms with E-state index in [0.29, 0.717) is 16.4 Å². The van der Waals surface area contributed by atoms with Crippen LogP contribution in [0.4, 0.5) is 4.79 Å². The molecule has 0 spiro atoms. The molecule has 6 nitrogen and oxygen atoms in total. The minimum Gasteiger partial charge on any atom is -0.390 e. The predicted octanol–water partition coefficient (Wildman–Crippen LogP) is 1.32. The molecular formula is C16H16N2O4S2. The van der Waals surface area contributed by atoms with Gasteiger partial charge >= 0.3 is 0 Å². The third kappa shape index (κ3) is 3.82. The molecule has 0 saturated carbocycles. The number of imide groups is 1. The lowest BCUT2D eigenvalue weighted by atomic mass is 10.2. The van der Waals surface area contributed by atoms with E-state index < -0.39 is 23.2 Å². The smallest absolute Gasteiger partial charge is 0.294 e. The van der Waals surface area contributed by atoms with Crippen LogP contribution in [0.3, 0.4) is 0 Å². The molecule has 126 valence electrons. The summed E-state index contributed by atoms with van der Waals surface area (Å²) in [6, 6.07) is 8.88. The van der Waals surface area contributed by atoms with Crippen molar-refractivity contribution >= 4 is 46.7 Å². The second-order valence-corrected chi connectivity index (χ2v) is 7.53. The van der Waals surface area contributed by atoms with Gasteiger partial charge in [-0.1, -0.05) is 30.3 Å². The maximum atomic E-state index is 12.3. The lowest BCUT2D eigenvalue weighted by molar-refractivity contribution is -0.129. The van der Waals surface area contributed by atoms with Crippen LogP contribution in [0.15, 0.2) is 35.2 Å². The zero-order chi connectivity index (χ0) is 17.1. The molecule has 3 rings (SSSR count). The fraction of sp³-hybridized carbons (Fsp3) is 0.312. The first-order valence-electron chi connectivity index (χ1n) is 7.40. The summed E-state index contributed by atoms with van der Waals surface area (Å²) in [5, 5.41) is 11.9. The lowest BCUT2D eigenvalue weighted by Crippen LogP contribution is -2.47. The van der Waals surface area contributed by atoms with Crippen LogP contribution in [0.1, 0.15) is 5.56 Å². The summed E-state index contributed by atoms with van der Waals surface area (Å²) in [7, 11) is 0. The molecule has 0 radical (unpaired) electrons. The van der Waals surface area contributed by atoms with Gasteiger partial charge in [-0.3, -0.25) is 19.3 Å². The van der Waals surface area contributed by atoms with Gasteiger partial charge in [0.15, 0.2) is 0 Å². The Kier molecular flexibility index (Phi) is 5.27. The van der Waals surface area contributed by atoms with Crippen molar-refractivity contribution in [2.45, 2.75) is 12.1 Å². The number of nitrogens with zero attached hydrogens (tertiary/aromatic N) is 1. The van der Waals surface area contributed by atoms with Gasteiger partial charge in [-0.25, -0.2) is 0 Å². The van der Waals surface area contributed by atoms with Crippen molar-refractivity contribution in [3.8, 4) is 0 Å². The van der Waals surface area contributed by atoms with E-state index in [1.54, 1.807) is 17.8 Å². The first-order valence-corrected chi connectivity index (χ1v) is 9.37. The van der Waals surface area contributed by atoms with E-state index in [1.807, 2.05) is 30.3 Å². The molecule has 1 aromatic rings. The number of hydrogen-bond donors (Lipinski definition) is 2. The van der Waals surface area contributed by atoms with E-state index in [0.717, 1.165) is 22.2 Å². The van der Waals surface area contributed by atoms with Crippen LogP contribution < -0.4 is 5.32 Å². The molecule has 2 fully saturated rings. The number of carbonyl (C=O) groups is 3. The number of benzene rings is 1. The maximum absolute atomic E-state index is 12.3. The summed E-state index contributed by atoms with van der Waals surface area (Å²) < 4.78 is 0. The average Bonchev–Trinajstić information content (AvgIpc) is 3.07. The number of carbonyl (C=O) groups excluding carboxylic acids is 3. The first kappa shape index (κ1) is 17.1. The minimum atomic E-state index is -0.591. The van der Waals surface area contributed by atoms with Crippen LogP contribution in [-0.4, -0.2) is 57.3 Å². The largest absolute Gasteiger partial charge is 0.390 e. The highest BCUT2D eigenvalue weighted by Gasteiger charge is 2.37. The van der Waals surface area contributed by atoms with Gasteiger partial charge in [-0.2, -0.15) is 11.8 Å². The molecule has 2 saturated heterocycles. The monoisotopic (exact) mass is 364 g/mol. The highest BCUT2D eigenvalue weighted by molar-refractivity contribution is 8.18. The Labute approximate surface area is 147 Å². The van der Waals surface area contributed by atoms with Gasteiger partial charge in [0.05, 0.1) is 17.1 Å². The zero-order valence-corrected chi connectivity index (χ0v) is 14.3. The van der Waals surface area contributed by atoms with Gasteiger partial charge in [-0.15, -0.1) is 0 Å². The van der Waals surface area contributed by atoms with Gasteiger partial charge in [0.25, 0.3) is 11.1 Å². The van der Waals surface area contributed by atoms with Gasteiger partial charge in [0.1, 0.15) is 6.54 Å². The third-order valence-electron chi connectivity index (χ3n) is 3.67. The number of aliphatic hydroxyl groups is 1. The summed E-state index contributed by atoms with van der Waals surface area (Å²) in [4.78, 5) is 37.6. The van der Waals surface area contributed by atoms with E-state index >= 15 is 0 Å². The molecule has 0 aliphatic carbocycles. The van der Waals surface area contributed by atoms with Crippen LogP contribution >= 0.6 is 23.5 Å². The summed E-state index contributed by atoms with van der Waals surface area (Å²) in [6.07, 6.45) is 1.05. The first-order chi connectivity index (χ1) is 11.5. The third-order valence-corrected chi connectivity index (χ3v) is 5.75. The standard InChI is InChI=1S/C16H16N2O4S2/c19-12-9-23-8-11(12)17-14(20)7-18-15(21)13(24-16(18)22)6-10-4-2-1-3-5-10/h1-6,11-12,19H,7-9H2,(H,17,20)/b13-6-/t11-,12-/m0/s1. The molecule has 2 atom stereocenters. The molecule has 2 N–H and O–H groups in total. The Hall–Kier alpha value is -1.77. The van der Waals surface area contributed by atoms with Gasteiger partial charge in [0.2, 0.25) is 5.91 Å². The van der Waals surface area contributed by atoms with E-state index in [2.05, 4.69) is 5.32 Å². The Balaban J connectivity index is 1.64. The number of thioether (sulfide) groups is 2. The molecule has 3 amide bonds. The van der Waals surface area contributed by atoms with E-state index in [4.69, 9.17) is 0 Å². The fourth-order valence-electron chi connectivity index (χ4n) is 2.41. The van der Waals surface area contributed by atoms with Crippen LogP contribution in [0.25, 0.3) is 6.08 Å². The maximum Gasteiger partial charge on any atom is 0.294 e. The molecular weight excluding hydrogens is 348 g/mol. The molecule has 0 unspecified atom stereocenters. The Morgan fingerprint density at radius 1 is 1.29 bits per heavy atom. The average molecular weight is 364 g/mol. The summed E-state index contributed by atoms with van der Waals surface area (Å²) in [5.41, 5.74) is 0.818. The van der Waals surface area contributed by atoms with Crippen LogP contribution in [0, 0.1) is 0 Å². The van der Waals surface area contributed by atoms with Crippen molar-refractivity contribution in [1.82, 2.24) is 10.2 Å². The molecule has 1 aromatic carbocycles. The molecule has 2 aliphatic rings. The quantitative estimate of drug-likeness (QED) is 0.784. The molecule has 0 bridgehead atoms. The van der Waals surface area contributed by atoms with Gasteiger partial charge in [-0.05, 0) is 23.4 Å². The Morgan fingerprint density at radius 2 is 2.04 bits per heavy atom. The highest BCUT2D eigenvalue weighted by Crippen LogP contribution is 2.32. The normalized spacial score (nSPS) is 25.5. The summed E-state index contributed by atoms with van der Waals surface area (Å²) in [5.74, 6) is 0.296. The van der Waals surface area contributed by atoms with Crippen LogP contribution in [-0.2, 0) is 9.59 Å². The molecule has 2 heterocycles. The summed E-state index contributed by atoms with van der Waals surface area (Å²) >= 11 is 2.38. The number of hydrogen-bond acceptors (Lipinski definition) is 6. The predicted molar refractivity (Wildman–Crippen MR) is 94.4 cm³/mol. The van der Waals surface area contributed by atoms with Crippen molar-refractivity contribution < 1.29 is 19.5 Å². The summed E-state index contributed by atoms with van der Waals surface area (Å²) in [6.45, 7) is -0.329. The second kappa shape index (κ2) is 7.42. The van der Waals surface area contributed by atoms with E-state index in [1.165, 1.54) is 0 Å². The molecule has 24 heavy (non-hydrogen) atoms. The van der Waals surface area contributed by atoms with Crippen molar-refractivity contribution in [3.63, 3.8) is 0 Å². The molecule has 8 heteroatoms. The Bertz CT molecular complexity index is 693. The van der Waals surface area contributed by atoms with E-state index in [-0.39, 0.29) is 12.6 Å². The number of amides is 3. The lowest BCUT2D eigenvalue weighted by Gasteiger charge is -2.18. The number of rotatable bonds is 4. The SMILES string of the molecule is O=C(CN1C(=O)S/C(=C\c2ccccc2)C1=O)N[C@H]1CSC[C@@H]1O. The van der Waals surface area contributed by atoms with Crippen LogP contribution in [0.5, 0.6) is 0 Å². The highest BCUT2D eigenvalue weighted by atomic mass is 32.2. The topological polar surface area (TPSA) is 86.7 Å². The van der Waals surface area contributed by atoms with Gasteiger partial charge < -0.3 is 10.4 Å². The van der Waals surface area contributed by atoms with E-state index in [9.17, 15) is 19.5 Å². The zero-order valence-electron chi connectivity index (χ0n) is 12.7. The molecule has 2 aliphatic heterocycles. The van der Waals surface area contributed by atoms with Crippen molar-refractivity contribution in [2.75, 3.05) is 18.1 Å². The van der Waals surface area contributed by atoms with Crippen molar-refractivity contribution in [1.29, 1.82) is 0 Å². The Morgan fingerprint density at radius 3 is 2.71 bits per heavy atom. The van der Waals surface area contributed by atoms with Crippen molar-refractivity contribution in [2.24, 2.45) is 0 Å².